The Hall–Kier alpha value is -0.570. The fourth-order valence-electron chi connectivity index (χ4n) is 2.34. The molecule has 1 saturated carbocycles. The largest absolute Gasteiger partial charge is 0.481 e. The molecule has 3 unspecified atom stereocenters. The first-order chi connectivity index (χ1) is 5.56. The fraction of sp³-hybridized carbons (Fsp3) is 0.889. The highest BCUT2D eigenvalue weighted by molar-refractivity contribution is 5.69. The van der Waals surface area contributed by atoms with Crippen molar-refractivity contribution in [3.05, 3.63) is 0 Å². The summed E-state index contributed by atoms with van der Waals surface area (Å²) in [4.78, 5) is 12.9. The van der Waals surface area contributed by atoms with Gasteiger partial charge in [-0.15, -0.1) is 0 Å². The first kappa shape index (κ1) is 8.05. The summed E-state index contributed by atoms with van der Waals surface area (Å²) < 4.78 is 0. The molecule has 4 atom stereocenters. The van der Waals surface area contributed by atoms with Gasteiger partial charge in [0, 0.05) is 18.1 Å². The van der Waals surface area contributed by atoms with Gasteiger partial charge >= 0.3 is 5.97 Å². The van der Waals surface area contributed by atoms with Crippen LogP contribution in [0.1, 0.15) is 26.7 Å². The van der Waals surface area contributed by atoms with Crippen LogP contribution in [0, 0.1) is 5.92 Å². The molecule has 3 heteroatoms. The van der Waals surface area contributed by atoms with E-state index in [4.69, 9.17) is 5.11 Å². The Labute approximate surface area is 72.4 Å². The minimum atomic E-state index is -0.654. The zero-order valence-corrected chi connectivity index (χ0v) is 7.58. The van der Waals surface area contributed by atoms with Gasteiger partial charge in [-0.05, 0) is 19.3 Å². The van der Waals surface area contributed by atoms with E-state index < -0.39 is 5.97 Å². The van der Waals surface area contributed by atoms with Gasteiger partial charge in [-0.3, -0.25) is 9.69 Å². The maximum atomic E-state index is 10.6. The lowest BCUT2D eigenvalue weighted by molar-refractivity contribution is -0.138. The molecule has 0 spiro atoms. The van der Waals surface area contributed by atoms with Crippen molar-refractivity contribution in [1.29, 1.82) is 0 Å². The fourth-order valence-corrected chi connectivity index (χ4v) is 2.34. The highest BCUT2D eigenvalue weighted by atomic mass is 16.4. The highest BCUT2D eigenvalue weighted by Gasteiger charge is 2.61. The van der Waals surface area contributed by atoms with Gasteiger partial charge in [0.15, 0.2) is 0 Å². The second-order valence-corrected chi connectivity index (χ2v) is 4.28. The quantitative estimate of drug-likeness (QED) is 0.639. The van der Waals surface area contributed by atoms with E-state index in [1.54, 1.807) is 0 Å². The summed E-state index contributed by atoms with van der Waals surface area (Å²) in [6.45, 7) is 5.40. The van der Waals surface area contributed by atoms with Crippen LogP contribution in [0.3, 0.4) is 0 Å². The lowest BCUT2D eigenvalue weighted by atomic mass is 10.1. The van der Waals surface area contributed by atoms with Crippen molar-refractivity contribution >= 4 is 5.97 Å². The van der Waals surface area contributed by atoms with E-state index in [1.807, 2.05) is 0 Å². The van der Waals surface area contributed by atoms with Crippen molar-refractivity contribution in [3.8, 4) is 0 Å². The molecule has 12 heavy (non-hydrogen) atoms. The van der Waals surface area contributed by atoms with Crippen molar-refractivity contribution in [2.45, 2.75) is 38.3 Å². The molecule has 2 fully saturated rings. The van der Waals surface area contributed by atoms with Crippen LogP contribution in [-0.4, -0.2) is 34.1 Å². The Morgan fingerprint density at radius 2 is 2.17 bits per heavy atom. The van der Waals surface area contributed by atoms with E-state index in [0.717, 1.165) is 13.0 Å². The van der Waals surface area contributed by atoms with Crippen LogP contribution in [0.4, 0.5) is 0 Å². The molecule has 3 nitrogen and oxygen atoms in total. The lowest BCUT2D eigenvalue weighted by Gasteiger charge is -2.15. The van der Waals surface area contributed by atoms with Crippen molar-refractivity contribution in [3.63, 3.8) is 0 Å². The zero-order valence-electron chi connectivity index (χ0n) is 7.58. The lowest BCUT2D eigenvalue weighted by Crippen LogP contribution is -2.27. The van der Waals surface area contributed by atoms with Gasteiger partial charge in [0.1, 0.15) is 0 Å². The molecule has 2 aliphatic rings. The van der Waals surface area contributed by atoms with Crippen LogP contribution < -0.4 is 0 Å². The Morgan fingerprint density at radius 3 is 2.42 bits per heavy atom. The molecule has 0 amide bonds. The number of aliphatic carboxylic acids is 1. The van der Waals surface area contributed by atoms with E-state index in [2.05, 4.69) is 18.7 Å². The van der Waals surface area contributed by atoms with Crippen LogP contribution in [0.5, 0.6) is 0 Å². The topological polar surface area (TPSA) is 40.3 Å². The number of rotatable bonds is 3. The van der Waals surface area contributed by atoms with Crippen LogP contribution in [0.15, 0.2) is 0 Å². The Kier molecular flexibility index (Phi) is 1.49. The van der Waals surface area contributed by atoms with E-state index >= 15 is 0 Å². The second-order valence-electron chi connectivity index (χ2n) is 4.28. The zero-order chi connectivity index (χ0) is 8.93. The summed E-state index contributed by atoms with van der Waals surface area (Å²) in [7, 11) is 0. The van der Waals surface area contributed by atoms with E-state index in [1.165, 1.54) is 0 Å². The third-order valence-corrected chi connectivity index (χ3v) is 3.31. The molecule has 1 heterocycles. The van der Waals surface area contributed by atoms with E-state index in [9.17, 15) is 4.79 Å². The molecule has 0 aromatic carbocycles. The van der Waals surface area contributed by atoms with Crippen molar-refractivity contribution in [2.24, 2.45) is 5.92 Å². The summed E-state index contributed by atoms with van der Waals surface area (Å²) in [5.41, 5.74) is 0.0469. The molecule has 1 saturated heterocycles. The number of hydrogen-bond donors (Lipinski definition) is 1. The molecule has 1 aliphatic heterocycles. The minimum Gasteiger partial charge on any atom is -0.481 e. The Balaban J connectivity index is 2.02. The molecular weight excluding hydrogens is 154 g/mol. The SMILES string of the molecule is CC1CN1[C@@]1(CC(=O)O)CC1C. The van der Waals surface area contributed by atoms with Crippen molar-refractivity contribution in [2.75, 3.05) is 6.54 Å². The van der Waals surface area contributed by atoms with Crippen LogP contribution in [0.2, 0.25) is 0 Å². The summed E-state index contributed by atoms with van der Waals surface area (Å²) in [6.07, 6.45) is 1.40. The monoisotopic (exact) mass is 169 g/mol. The molecular formula is C9H15NO2. The Bertz CT molecular complexity index is 229. The normalized spacial score (nSPS) is 50.3. The molecule has 1 N–H and O–H groups in total. The third-order valence-electron chi connectivity index (χ3n) is 3.31. The maximum absolute atomic E-state index is 10.6. The molecule has 2 rings (SSSR count). The summed E-state index contributed by atoms with van der Waals surface area (Å²) in [5, 5.41) is 8.74. The number of hydrogen-bond acceptors (Lipinski definition) is 2. The van der Waals surface area contributed by atoms with Gasteiger partial charge in [0.05, 0.1) is 6.42 Å². The number of carbonyl (C=O) groups is 1. The average Bonchev–Trinajstić information content (AvgIpc) is 2.75. The van der Waals surface area contributed by atoms with Gasteiger partial charge < -0.3 is 5.11 Å². The standard InChI is InChI=1S/C9H15NO2/c1-6-3-9(6,4-8(11)12)10-5-7(10)2/h6-7H,3-5H2,1-2H3,(H,11,12)/t6?,7?,9-,10?/m1/s1. The molecule has 0 aromatic rings. The predicted molar refractivity (Wildman–Crippen MR) is 44.9 cm³/mol. The summed E-state index contributed by atoms with van der Waals surface area (Å²) in [6, 6.07) is 0.620. The number of carboxylic acids is 1. The summed E-state index contributed by atoms with van der Waals surface area (Å²) >= 11 is 0. The highest BCUT2D eigenvalue weighted by Crippen LogP contribution is 2.55. The van der Waals surface area contributed by atoms with E-state index in [0.29, 0.717) is 18.4 Å². The number of nitrogens with zero attached hydrogens (tertiary/aromatic N) is 1. The summed E-state index contributed by atoms with van der Waals surface area (Å²) in [5.74, 6) is -0.0722. The average molecular weight is 169 g/mol. The van der Waals surface area contributed by atoms with Crippen LogP contribution in [0.25, 0.3) is 0 Å². The third kappa shape index (κ3) is 1.04. The van der Waals surface area contributed by atoms with Gasteiger partial charge in [0.2, 0.25) is 0 Å². The van der Waals surface area contributed by atoms with Crippen molar-refractivity contribution < 1.29 is 9.90 Å². The molecule has 68 valence electrons. The van der Waals surface area contributed by atoms with Gasteiger partial charge in [0.25, 0.3) is 0 Å². The minimum absolute atomic E-state index is 0.0469. The van der Waals surface area contributed by atoms with Crippen LogP contribution in [-0.2, 0) is 4.79 Å². The Morgan fingerprint density at radius 1 is 1.67 bits per heavy atom. The maximum Gasteiger partial charge on any atom is 0.305 e. The smallest absolute Gasteiger partial charge is 0.305 e. The van der Waals surface area contributed by atoms with Crippen LogP contribution >= 0.6 is 0 Å². The van der Waals surface area contributed by atoms with Gasteiger partial charge in [-0.25, -0.2) is 0 Å². The van der Waals surface area contributed by atoms with E-state index in [-0.39, 0.29) is 5.54 Å². The predicted octanol–water partition coefficient (Wildman–Crippen LogP) is 0.944. The molecule has 0 radical (unpaired) electrons. The first-order valence-corrected chi connectivity index (χ1v) is 4.55. The van der Waals surface area contributed by atoms with Gasteiger partial charge in [-0.1, -0.05) is 6.92 Å². The number of carboxylic acid groups (broad SMARTS) is 1. The van der Waals surface area contributed by atoms with Crippen molar-refractivity contribution in [1.82, 2.24) is 4.90 Å². The second kappa shape index (κ2) is 2.22. The van der Waals surface area contributed by atoms with Gasteiger partial charge in [-0.2, -0.15) is 0 Å². The molecule has 0 aromatic heterocycles. The molecule has 1 aliphatic carbocycles. The molecule has 0 bridgehead atoms. The first-order valence-electron chi connectivity index (χ1n) is 4.55.